The Morgan fingerprint density at radius 2 is 2.00 bits per heavy atom. The van der Waals surface area contributed by atoms with Gasteiger partial charge in [0.1, 0.15) is 5.82 Å². The van der Waals surface area contributed by atoms with Crippen molar-refractivity contribution in [2.24, 2.45) is 0 Å². The van der Waals surface area contributed by atoms with Gasteiger partial charge in [-0.3, -0.25) is 4.79 Å². The fraction of sp³-hybridized carbons (Fsp3) is 0.190. The highest BCUT2D eigenvalue weighted by molar-refractivity contribution is 5.94. The number of hydrogen-bond acceptors (Lipinski definition) is 6. The Balaban J connectivity index is 1.30. The lowest BCUT2D eigenvalue weighted by atomic mass is 10.2. The number of carbonyl (C=O) groups excluding carboxylic acids is 1. The average molecular weight is 404 g/mol. The zero-order chi connectivity index (χ0) is 20.5. The van der Waals surface area contributed by atoms with E-state index in [2.05, 4.69) is 20.5 Å². The third-order valence-electron chi connectivity index (χ3n) is 5.08. The van der Waals surface area contributed by atoms with E-state index in [9.17, 15) is 9.18 Å². The molecule has 2 aromatic carbocycles. The van der Waals surface area contributed by atoms with Crippen LogP contribution < -0.4 is 0 Å². The molecule has 0 saturated carbocycles. The van der Waals surface area contributed by atoms with E-state index in [-0.39, 0.29) is 17.8 Å². The summed E-state index contributed by atoms with van der Waals surface area (Å²) in [6.45, 7) is 1.03. The van der Waals surface area contributed by atoms with Gasteiger partial charge in [-0.15, -0.1) is 5.10 Å². The summed E-state index contributed by atoms with van der Waals surface area (Å²) in [7, 11) is 0. The highest BCUT2D eigenvalue weighted by atomic mass is 19.1. The third-order valence-corrected chi connectivity index (χ3v) is 5.08. The molecule has 1 atom stereocenters. The second kappa shape index (κ2) is 7.51. The normalized spacial score (nSPS) is 16.2. The Hall–Kier alpha value is -3.88. The van der Waals surface area contributed by atoms with E-state index in [1.165, 1.54) is 18.2 Å². The van der Waals surface area contributed by atoms with Gasteiger partial charge in [0, 0.05) is 24.2 Å². The molecule has 2 aromatic heterocycles. The maximum absolute atomic E-state index is 13.4. The molecule has 1 fully saturated rings. The third kappa shape index (κ3) is 3.45. The summed E-state index contributed by atoms with van der Waals surface area (Å²) in [6, 6.07) is 15.2. The predicted octanol–water partition coefficient (Wildman–Crippen LogP) is 3.22. The first-order valence-electron chi connectivity index (χ1n) is 9.53. The molecule has 1 unspecified atom stereocenters. The lowest BCUT2D eigenvalue weighted by Crippen LogP contribution is -2.29. The topological polar surface area (TPSA) is 89.9 Å². The average Bonchev–Trinajstić information content (AvgIpc) is 3.53. The summed E-state index contributed by atoms with van der Waals surface area (Å²) >= 11 is 0. The van der Waals surface area contributed by atoms with Gasteiger partial charge in [-0.1, -0.05) is 46.8 Å². The van der Waals surface area contributed by atoms with Crippen LogP contribution in [0.3, 0.4) is 0 Å². The van der Waals surface area contributed by atoms with Crippen molar-refractivity contribution in [2.45, 2.75) is 12.5 Å². The fourth-order valence-corrected chi connectivity index (χ4v) is 3.53. The molecule has 4 aromatic rings. The summed E-state index contributed by atoms with van der Waals surface area (Å²) in [5.74, 6) is 0.146. The second-order valence-electron chi connectivity index (χ2n) is 7.08. The molecule has 1 saturated heterocycles. The van der Waals surface area contributed by atoms with Crippen LogP contribution in [-0.4, -0.2) is 49.0 Å². The Kier molecular flexibility index (Phi) is 4.55. The minimum Gasteiger partial charge on any atom is -0.336 e. The Morgan fingerprint density at radius 1 is 1.13 bits per heavy atom. The molecule has 5 rings (SSSR count). The van der Waals surface area contributed by atoms with Gasteiger partial charge in [0.25, 0.3) is 11.8 Å². The first-order chi connectivity index (χ1) is 14.7. The summed E-state index contributed by atoms with van der Waals surface area (Å²) < 4.78 is 20.5. The van der Waals surface area contributed by atoms with E-state index in [4.69, 9.17) is 4.52 Å². The van der Waals surface area contributed by atoms with Crippen LogP contribution in [-0.2, 0) is 0 Å². The van der Waals surface area contributed by atoms with E-state index in [0.29, 0.717) is 30.2 Å². The minimum atomic E-state index is -0.424. The smallest absolute Gasteiger partial charge is 0.280 e. The van der Waals surface area contributed by atoms with Crippen molar-refractivity contribution in [1.82, 2.24) is 30.0 Å². The lowest BCUT2D eigenvalue weighted by molar-refractivity contribution is 0.0786. The molecule has 0 spiro atoms. The van der Waals surface area contributed by atoms with Crippen molar-refractivity contribution in [3.8, 4) is 23.0 Å². The van der Waals surface area contributed by atoms with Crippen LogP contribution in [0.4, 0.5) is 4.39 Å². The number of nitrogens with zero attached hydrogens (tertiary/aromatic N) is 6. The largest absolute Gasteiger partial charge is 0.336 e. The van der Waals surface area contributed by atoms with E-state index >= 15 is 0 Å². The van der Waals surface area contributed by atoms with Crippen molar-refractivity contribution >= 4 is 5.91 Å². The SMILES string of the molecule is O=C(c1cccc(F)c1)N1CCC(n2cc(-c3nc(-c4ccccc4)no3)nn2)C1. The van der Waals surface area contributed by atoms with Crippen LogP contribution in [0, 0.1) is 5.82 Å². The molecule has 1 amide bonds. The fourth-order valence-electron chi connectivity index (χ4n) is 3.53. The van der Waals surface area contributed by atoms with Crippen molar-refractivity contribution in [3.63, 3.8) is 0 Å². The molecule has 0 bridgehead atoms. The molecule has 30 heavy (non-hydrogen) atoms. The zero-order valence-electron chi connectivity index (χ0n) is 15.8. The molecule has 0 N–H and O–H groups in total. The number of likely N-dealkylation sites (tertiary alicyclic amines) is 1. The molecule has 1 aliphatic rings. The van der Waals surface area contributed by atoms with Crippen LogP contribution in [0.1, 0.15) is 22.8 Å². The molecule has 0 aliphatic carbocycles. The van der Waals surface area contributed by atoms with Gasteiger partial charge in [0.05, 0.1) is 12.2 Å². The maximum atomic E-state index is 13.4. The first-order valence-corrected chi connectivity index (χ1v) is 9.53. The van der Waals surface area contributed by atoms with Gasteiger partial charge in [-0.2, -0.15) is 4.98 Å². The number of halogens is 1. The van der Waals surface area contributed by atoms with Gasteiger partial charge in [-0.25, -0.2) is 9.07 Å². The van der Waals surface area contributed by atoms with E-state index in [1.54, 1.807) is 21.8 Å². The number of hydrogen-bond donors (Lipinski definition) is 0. The van der Waals surface area contributed by atoms with Crippen LogP contribution in [0.2, 0.25) is 0 Å². The van der Waals surface area contributed by atoms with Gasteiger partial charge in [-0.05, 0) is 24.6 Å². The summed E-state index contributed by atoms with van der Waals surface area (Å²) in [5.41, 5.74) is 1.66. The number of aromatic nitrogens is 5. The molecule has 8 nitrogen and oxygen atoms in total. The van der Waals surface area contributed by atoms with Crippen molar-refractivity contribution in [1.29, 1.82) is 0 Å². The minimum absolute atomic E-state index is 0.0275. The molecular formula is C21H17FN6O2. The summed E-state index contributed by atoms with van der Waals surface area (Å²) in [5, 5.41) is 12.3. The first kappa shape index (κ1) is 18.2. The van der Waals surface area contributed by atoms with Crippen LogP contribution >= 0.6 is 0 Å². The highest BCUT2D eigenvalue weighted by Gasteiger charge is 2.29. The number of benzene rings is 2. The van der Waals surface area contributed by atoms with E-state index in [1.807, 2.05) is 30.3 Å². The standard InChI is InChI=1S/C21H17FN6O2/c22-16-8-4-7-15(11-16)21(29)27-10-9-17(12-27)28-13-18(24-26-28)20-23-19(25-30-20)14-5-2-1-3-6-14/h1-8,11,13,17H,9-10,12H2. The van der Waals surface area contributed by atoms with Gasteiger partial charge in [0.2, 0.25) is 5.82 Å². The Morgan fingerprint density at radius 3 is 2.83 bits per heavy atom. The Bertz CT molecular complexity index is 1190. The van der Waals surface area contributed by atoms with Crippen LogP contribution in [0.25, 0.3) is 23.0 Å². The highest BCUT2D eigenvalue weighted by Crippen LogP contribution is 2.25. The van der Waals surface area contributed by atoms with Crippen LogP contribution in [0.5, 0.6) is 0 Å². The lowest BCUT2D eigenvalue weighted by Gasteiger charge is -2.16. The molecular weight excluding hydrogens is 387 g/mol. The molecule has 3 heterocycles. The monoisotopic (exact) mass is 404 g/mol. The molecule has 1 aliphatic heterocycles. The van der Waals surface area contributed by atoms with E-state index in [0.717, 1.165) is 12.0 Å². The van der Waals surface area contributed by atoms with Crippen molar-refractivity contribution in [2.75, 3.05) is 13.1 Å². The van der Waals surface area contributed by atoms with Crippen molar-refractivity contribution < 1.29 is 13.7 Å². The molecule has 9 heteroatoms. The van der Waals surface area contributed by atoms with E-state index < -0.39 is 5.82 Å². The zero-order valence-corrected chi connectivity index (χ0v) is 15.8. The number of carbonyl (C=O) groups is 1. The van der Waals surface area contributed by atoms with Crippen molar-refractivity contribution in [3.05, 3.63) is 72.2 Å². The molecule has 0 radical (unpaired) electrons. The number of rotatable bonds is 4. The second-order valence-corrected chi connectivity index (χ2v) is 7.08. The van der Waals surface area contributed by atoms with Gasteiger partial charge in [0.15, 0.2) is 5.69 Å². The Labute approximate surface area is 170 Å². The summed E-state index contributed by atoms with van der Waals surface area (Å²) in [6.07, 6.45) is 2.46. The summed E-state index contributed by atoms with van der Waals surface area (Å²) in [4.78, 5) is 18.7. The maximum Gasteiger partial charge on any atom is 0.280 e. The van der Waals surface area contributed by atoms with Gasteiger partial charge >= 0.3 is 0 Å². The molecule has 150 valence electrons. The number of amides is 1. The quantitative estimate of drug-likeness (QED) is 0.519. The van der Waals surface area contributed by atoms with Gasteiger partial charge < -0.3 is 9.42 Å². The predicted molar refractivity (Wildman–Crippen MR) is 105 cm³/mol. The van der Waals surface area contributed by atoms with Crippen LogP contribution in [0.15, 0.2) is 65.3 Å².